The van der Waals surface area contributed by atoms with Crippen molar-refractivity contribution in [1.82, 2.24) is 9.97 Å². The van der Waals surface area contributed by atoms with Gasteiger partial charge in [0.25, 0.3) is 0 Å². The topological polar surface area (TPSA) is 56.3 Å². The van der Waals surface area contributed by atoms with E-state index in [4.69, 9.17) is 9.31 Å². The minimum atomic E-state index is -4.54. The maximum absolute atomic E-state index is 12.8. The van der Waals surface area contributed by atoms with E-state index < -0.39 is 30.2 Å². The largest absolute Gasteiger partial charge is 0.494 e. The molecule has 0 atom stereocenters. The van der Waals surface area contributed by atoms with Crippen LogP contribution >= 0.6 is 15.9 Å². The molecule has 2 aromatic rings. The molecule has 0 saturated carbocycles. The fraction of sp³-hybridized carbons (Fsp3) is 0.412. The molecule has 1 fully saturated rings. The van der Waals surface area contributed by atoms with Crippen LogP contribution in [-0.2, 0) is 15.5 Å². The molecule has 0 amide bonds. The molecule has 1 N–H and O–H groups in total. The van der Waals surface area contributed by atoms with E-state index in [0.29, 0.717) is 10.2 Å². The Morgan fingerprint density at radius 2 is 1.70 bits per heavy atom. The van der Waals surface area contributed by atoms with E-state index in [0.717, 1.165) is 17.7 Å². The van der Waals surface area contributed by atoms with Gasteiger partial charge in [-0.1, -0.05) is 15.9 Å². The standard InChI is InChI=1S/C17H18BBrF3N3O2/c1-15(2)16(3,4)27-18(26-15)10-7-11(19)9-12(8-10)24-14-23-6-5-13(25-14)17(20,21)22/h5-9H,1-4H3,(H,23,24,25). The van der Waals surface area contributed by atoms with Crippen LogP contribution in [0.3, 0.4) is 0 Å². The quantitative estimate of drug-likeness (QED) is 0.716. The molecule has 1 aromatic heterocycles. The second kappa shape index (κ2) is 6.75. The van der Waals surface area contributed by atoms with E-state index in [1.165, 1.54) is 0 Å². The molecule has 1 aliphatic rings. The number of hydrogen-bond donors (Lipinski definition) is 1. The highest BCUT2D eigenvalue weighted by Crippen LogP contribution is 2.37. The van der Waals surface area contributed by atoms with Gasteiger partial charge >= 0.3 is 13.3 Å². The third-order valence-electron chi connectivity index (χ3n) is 4.65. The highest BCUT2D eigenvalue weighted by molar-refractivity contribution is 9.10. The van der Waals surface area contributed by atoms with E-state index in [1.54, 1.807) is 12.1 Å². The number of rotatable bonds is 3. The van der Waals surface area contributed by atoms with E-state index in [1.807, 2.05) is 33.8 Å². The maximum Gasteiger partial charge on any atom is 0.494 e. The number of anilines is 2. The molecule has 1 saturated heterocycles. The van der Waals surface area contributed by atoms with Gasteiger partial charge in [0, 0.05) is 16.4 Å². The summed E-state index contributed by atoms with van der Waals surface area (Å²) in [6.45, 7) is 7.78. The molecule has 1 aromatic carbocycles. The predicted octanol–water partition coefficient (Wildman–Crippen LogP) is 4.30. The van der Waals surface area contributed by atoms with Crippen LogP contribution in [-0.4, -0.2) is 28.3 Å². The molecule has 0 aliphatic carbocycles. The van der Waals surface area contributed by atoms with Crippen molar-refractivity contribution in [3.05, 3.63) is 40.6 Å². The van der Waals surface area contributed by atoms with Crippen molar-refractivity contribution in [3.8, 4) is 0 Å². The Balaban J connectivity index is 1.87. The van der Waals surface area contributed by atoms with Gasteiger partial charge in [-0.25, -0.2) is 9.97 Å². The van der Waals surface area contributed by atoms with Crippen LogP contribution in [0.25, 0.3) is 0 Å². The molecule has 10 heteroatoms. The van der Waals surface area contributed by atoms with Gasteiger partial charge in [-0.2, -0.15) is 13.2 Å². The zero-order valence-electron chi connectivity index (χ0n) is 15.2. The van der Waals surface area contributed by atoms with Crippen LogP contribution in [0.5, 0.6) is 0 Å². The zero-order valence-corrected chi connectivity index (χ0v) is 16.8. The Labute approximate surface area is 164 Å². The number of benzene rings is 1. The van der Waals surface area contributed by atoms with Gasteiger partial charge < -0.3 is 14.6 Å². The summed E-state index contributed by atoms with van der Waals surface area (Å²) in [5, 5.41) is 2.80. The average molecular weight is 444 g/mol. The summed E-state index contributed by atoms with van der Waals surface area (Å²) in [7, 11) is -0.601. The number of hydrogen-bond acceptors (Lipinski definition) is 5. The molecular formula is C17H18BBrF3N3O2. The van der Waals surface area contributed by atoms with Crippen LogP contribution in [0, 0.1) is 0 Å². The zero-order chi connectivity index (χ0) is 20.0. The fourth-order valence-electron chi connectivity index (χ4n) is 2.51. The molecule has 1 aliphatic heterocycles. The lowest BCUT2D eigenvalue weighted by Gasteiger charge is -2.32. The first-order valence-corrected chi connectivity index (χ1v) is 9.00. The summed E-state index contributed by atoms with van der Waals surface area (Å²) < 4.78 is 51.2. The molecule has 5 nitrogen and oxygen atoms in total. The van der Waals surface area contributed by atoms with Crippen molar-refractivity contribution in [2.45, 2.75) is 45.1 Å². The van der Waals surface area contributed by atoms with E-state index in [9.17, 15) is 13.2 Å². The van der Waals surface area contributed by atoms with Gasteiger partial charge in [0.15, 0.2) is 0 Å². The second-order valence-corrected chi connectivity index (χ2v) is 8.17. The van der Waals surface area contributed by atoms with Crippen LogP contribution in [0.15, 0.2) is 34.9 Å². The maximum atomic E-state index is 12.8. The number of alkyl halides is 3. The van der Waals surface area contributed by atoms with E-state index >= 15 is 0 Å². The fourth-order valence-corrected chi connectivity index (χ4v) is 3.02. The molecule has 2 heterocycles. The Bertz CT molecular complexity index is 846. The van der Waals surface area contributed by atoms with Crippen molar-refractivity contribution in [1.29, 1.82) is 0 Å². The second-order valence-electron chi connectivity index (χ2n) is 7.25. The summed E-state index contributed by atoms with van der Waals surface area (Å²) in [5.74, 6) is -0.150. The van der Waals surface area contributed by atoms with Gasteiger partial charge in [-0.15, -0.1) is 0 Å². The van der Waals surface area contributed by atoms with Crippen LogP contribution < -0.4 is 10.8 Å². The summed E-state index contributed by atoms with van der Waals surface area (Å²) in [4.78, 5) is 7.37. The normalized spacial score (nSPS) is 18.6. The Kier molecular flexibility index (Phi) is 5.03. The van der Waals surface area contributed by atoms with Crippen molar-refractivity contribution < 1.29 is 22.5 Å². The predicted molar refractivity (Wildman–Crippen MR) is 100 cm³/mol. The van der Waals surface area contributed by atoms with Gasteiger partial charge in [0.05, 0.1) is 11.2 Å². The summed E-state index contributed by atoms with van der Waals surface area (Å²) in [6, 6.07) is 6.09. The van der Waals surface area contributed by atoms with Gasteiger partial charge in [0.2, 0.25) is 5.95 Å². The Morgan fingerprint density at radius 1 is 1.07 bits per heavy atom. The summed E-state index contributed by atoms with van der Waals surface area (Å²) in [6.07, 6.45) is -3.48. The van der Waals surface area contributed by atoms with Gasteiger partial charge in [-0.3, -0.25) is 0 Å². The lowest BCUT2D eigenvalue weighted by atomic mass is 9.79. The van der Waals surface area contributed by atoms with E-state index in [2.05, 4.69) is 31.2 Å². The van der Waals surface area contributed by atoms with Crippen LogP contribution in [0.4, 0.5) is 24.8 Å². The van der Waals surface area contributed by atoms with Crippen molar-refractivity contribution in [2.24, 2.45) is 0 Å². The lowest BCUT2D eigenvalue weighted by Crippen LogP contribution is -2.41. The minimum absolute atomic E-state index is 0.150. The van der Waals surface area contributed by atoms with Gasteiger partial charge in [-0.05, 0) is 57.4 Å². The molecule has 0 unspecified atom stereocenters. The first-order chi connectivity index (χ1) is 12.4. The highest BCUT2D eigenvalue weighted by atomic mass is 79.9. The molecule has 3 rings (SSSR count). The molecule has 144 valence electrons. The molecule has 0 bridgehead atoms. The first-order valence-electron chi connectivity index (χ1n) is 8.21. The third kappa shape index (κ3) is 4.28. The molecule has 0 radical (unpaired) electrons. The minimum Gasteiger partial charge on any atom is -0.399 e. The number of nitrogens with one attached hydrogen (secondary N) is 1. The smallest absolute Gasteiger partial charge is 0.399 e. The van der Waals surface area contributed by atoms with E-state index in [-0.39, 0.29) is 5.95 Å². The SMILES string of the molecule is CC1(C)OB(c2cc(Br)cc(Nc3nccc(C(F)(F)F)n3)c2)OC1(C)C. The first kappa shape index (κ1) is 20.1. The number of halogens is 4. The molecule has 27 heavy (non-hydrogen) atoms. The van der Waals surface area contributed by atoms with Gasteiger partial charge in [0.1, 0.15) is 5.69 Å². The van der Waals surface area contributed by atoms with Crippen LogP contribution in [0.2, 0.25) is 0 Å². The average Bonchev–Trinajstić information content (AvgIpc) is 2.74. The summed E-state index contributed by atoms with van der Waals surface area (Å²) >= 11 is 3.40. The van der Waals surface area contributed by atoms with Crippen molar-refractivity contribution >= 4 is 40.1 Å². The monoisotopic (exact) mass is 443 g/mol. The van der Waals surface area contributed by atoms with Crippen molar-refractivity contribution in [2.75, 3.05) is 5.32 Å². The third-order valence-corrected chi connectivity index (χ3v) is 5.11. The summed E-state index contributed by atoms with van der Waals surface area (Å²) in [5.41, 5.74) is -0.790. The highest BCUT2D eigenvalue weighted by Gasteiger charge is 2.51. The van der Waals surface area contributed by atoms with Crippen molar-refractivity contribution in [3.63, 3.8) is 0 Å². The Hall–Kier alpha value is -1.65. The molecule has 0 spiro atoms. The number of aromatic nitrogens is 2. The number of nitrogens with zero attached hydrogens (tertiary/aromatic N) is 2. The lowest BCUT2D eigenvalue weighted by molar-refractivity contribution is -0.141. The Morgan fingerprint density at radius 3 is 2.30 bits per heavy atom. The van der Waals surface area contributed by atoms with Crippen LogP contribution in [0.1, 0.15) is 33.4 Å². The molecular weight excluding hydrogens is 426 g/mol.